The van der Waals surface area contributed by atoms with E-state index in [4.69, 9.17) is 4.74 Å². The summed E-state index contributed by atoms with van der Waals surface area (Å²) in [5, 5.41) is 7.09. The zero-order chi connectivity index (χ0) is 22.3. The summed E-state index contributed by atoms with van der Waals surface area (Å²) in [4.78, 5) is 8.98. The van der Waals surface area contributed by atoms with Gasteiger partial charge in [0.15, 0.2) is 0 Å². The molecule has 3 heterocycles. The normalized spacial score (nSPS) is 19.0. The Labute approximate surface area is 186 Å². The molecule has 1 aromatic carbocycles. The molecule has 0 radical (unpaired) electrons. The highest BCUT2D eigenvalue weighted by molar-refractivity contribution is 5.78. The second-order valence-electron chi connectivity index (χ2n) is 8.09. The highest BCUT2D eigenvalue weighted by atomic mass is 19.1. The molecule has 0 spiro atoms. The number of methoxy groups -OCH3 is 1. The highest BCUT2D eigenvalue weighted by Gasteiger charge is 2.20. The third kappa shape index (κ3) is 5.66. The Hall–Kier alpha value is -2.90. The van der Waals surface area contributed by atoms with Crippen molar-refractivity contribution in [3.63, 3.8) is 0 Å². The molecule has 2 atom stereocenters. The minimum Gasteiger partial charge on any atom is -0.481 e. The van der Waals surface area contributed by atoms with Crippen LogP contribution in [-0.4, -0.2) is 42.3 Å². The summed E-state index contributed by atoms with van der Waals surface area (Å²) >= 11 is 0. The molecule has 1 aliphatic rings. The summed E-state index contributed by atoms with van der Waals surface area (Å²) in [7, 11) is 1.62. The molecule has 0 saturated carbocycles. The van der Waals surface area contributed by atoms with Gasteiger partial charge >= 0.3 is 0 Å². The molecule has 1 aliphatic heterocycles. The van der Waals surface area contributed by atoms with Crippen molar-refractivity contribution < 1.29 is 13.5 Å². The molecule has 1 fully saturated rings. The molecule has 0 amide bonds. The van der Waals surface area contributed by atoms with Crippen LogP contribution in [-0.2, 0) is 6.42 Å². The number of rotatable bonds is 8. The maximum absolute atomic E-state index is 13.7. The topological polar surface area (TPSA) is 59.1 Å². The van der Waals surface area contributed by atoms with Gasteiger partial charge in [0, 0.05) is 43.0 Å². The third-order valence-electron chi connectivity index (χ3n) is 5.91. The lowest BCUT2D eigenvalue weighted by Crippen LogP contribution is -2.48. The molecule has 7 heteroatoms. The van der Waals surface area contributed by atoms with Gasteiger partial charge in [-0.15, -0.1) is 0 Å². The first-order valence-electron chi connectivity index (χ1n) is 11.0. The number of nitrogens with zero attached hydrogens (tertiary/aromatic N) is 2. The van der Waals surface area contributed by atoms with Crippen LogP contribution in [0, 0.1) is 11.6 Å². The van der Waals surface area contributed by atoms with Crippen molar-refractivity contribution in [3.8, 4) is 5.88 Å². The Kier molecular flexibility index (Phi) is 7.39. The molecule has 1 saturated heterocycles. The van der Waals surface area contributed by atoms with Crippen LogP contribution in [0.15, 0.2) is 48.7 Å². The number of aromatic nitrogens is 2. The zero-order valence-electron chi connectivity index (χ0n) is 18.2. The fraction of sp³-hybridized carbons (Fsp3) is 0.360. The van der Waals surface area contributed by atoms with E-state index in [-0.39, 0.29) is 5.56 Å². The lowest BCUT2D eigenvalue weighted by molar-refractivity contribution is 0.321. The predicted molar refractivity (Wildman–Crippen MR) is 123 cm³/mol. The van der Waals surface area contributed by atoms with Crippen molar-refractivity contribution in [1.82, 2.24) is 20.6 Å². The van der Waals surface area contributed by atoms with Crippen molar-refractivity contribution >= 4 is 17.1 Å². The van der Waals surface area contributed by atoms with E-state index in [9.17, 15) is 8.78 Å². The minimum atomic E-state index is -0.434. The Morgan fingerprint density at radius 1 is 1.19 bits per heavy atom. The molecule has 2 N–H and O–H groups in total. The summed E-state index contributed by atoms with van der Waals surface area (Å²) < 4.78 is 32.1. The van der Waals surface area contributed by atoms with Crippen LogP contribution in [0.3, 0.4) is 0 Å². The average molecular weight is 439 g/mol. The lowest BCUT2D eigenvalue weighted by atomic mass is 9.95. The SMILES string of the molecule is COc1ccc2nccc(CC[C@H]3CC[C@H](NCC=Cc4cc(F)ccc4F)CN3)c2n1. The van der Waals surface area contributed by atoms with Crippen molar-refractivity contribution in [1.29, 1.82) is 0 Å². The average Bonchev–Trinajstić information content (AvgIpc) is 2.83. The second kappa shape index (κ2) is 10.6. The van der Waals surface area contributed by atoms with Crippen LogP contribution in [0.25, 0.3) is 17.1 Å². The Balaban J connectivity index is 1.23. The van der Waals surface area contributed by atoms with E-state index in [1.54, 1.807) is 13.2 Å². The van der Waals surface area contributed by atoms with E-state index in [1.807, 2.05) is 30.5 Å². The molecule has 0 bridgehead atoms. The summed E-state index contributed by atoms with van der Waals surface area (Å²) in [5.41, 5.74) is 3.24. The summed E-state index contributed by atoms with van der Waals surface area (Å²) in [5.74, 6) is -0.248. The number of benzene rings is 1. The zero-order valence-corrected chi connectivity index (χ0v) is 18.2. The molecule has 0 aliphatic carbocycles. The van der Waals surface area contributed by atoms with E-state index in [2.05, 4.69) is 20.6 Å². The summed E-state index contributed by atoms with van der Waals surface area (Å²) in [6, 6.07) is 10.1. The third-order valence-corrected chi connectivity index (χ3v) is 5.91. The van der Waals surface area contributed by atoms with Crippen molar-refractivity contribution in [2.45, 2.75) is 37.8 Å². The molecule has 4 rings (SSSR count). The number of fused-ring (bicyclic) bond motifs is 1. The van der Waals surface area contributed by atoms with Crippen LogP contribution in [0.5, 0.6) is 5.88 Å². The molecule has 5 nitrogen and oxygen atoms in total. The highest BCUT2D eigenvalue weighted by Crippen LogP contribution is 2.21. The van der Waals surface area contributed by atoms with Gasteiger partial charge in [0.1, 0.15) is 11.6 Å². The first kappa shape index (κ1) is 22.3. The fourth-order valence-electron chi connectivity index (χ4n) is 4.10. The number of piperidine rings is 1. The van der Waals surface area contributed by atoms with Gasteiger partial charge in [-0.05, 0) is 61.6 Å². The van der Waals surface area contributed by atoms with E-state index in [1.165, 1.54) is 11.6 Å². The van der Waals surface area contributed by atoms with Gasteiger partial charge in [-0.2, -0.15) is 0 Å². The number of ether oxygens (including phenoxy) is 1. The van der Waals surface area contributed by atoms with Crippen molar-refractivity contribution in [2.24, 2.45) is 0 Å². The van der Waals surface area contributed by atoms with Gasteiger partial charge in [0.25, 0.3) is 0 Å². The monoisotopic (exact) mass is 438 g/mol. The van der Waals surface area contributed by atoms with E-state index in [0.717, 1.165) is 55.4 Å². The van der Waals surface area contributed by atoms with Gasteiger partial charge in [0.05, 0.1) is 18.1 Å². The number of aryl methyl sites for hydroxylation is 1. The number of pyridine rings is 2. The molecule has 32 heavy (non-hydrogen) atoms. The molecule has 2 aromatic heterocycles. The standard InChI is InChI=1S/C25H28F2N4O/c1-32-24-11-10-23-25(31-24)17(12-14-29-23)4-6-20-7-8-21(16-30-20)28-13-2-3-18-15-19(26)5-9-22(18)27/h2-3,5,9-12,14-15,20-21,28,30H,4,6-8,13,16H2,1H3/t20-,21-/m0/s1. The number of nitrogens with one attached hydrogen (secondary N) is 2. The maximum atomic E-state index is 13.7. The molecule has 168 valence electrons. The molecular weight excluding hydrogens is 410 g/mol. The first-order valence-corrected chi connectivity index (χ1v) is 11.0. The van der Waals surface area contributed by atoms with Gasteiger partial charge in [-0.1, -0.05) is 12.2 Å². The quantitative estimate of drug-likeness (QED) is 0.550. The van der Waals surface area contributed by atoms with Crippen LogP contribution in [0.4, 0.5) is 8.78 Å². The van der Waals surface area contributed by atoms with E-state index >= 15 is 0 Å². The largest absolute Gasteiger partial charge is 0.481 e. The summed E-state index contributed by atoms with van der Waals surface area (Å²) in [6.07, 6.45) is 9.40. The Bertz CT molecular complexity index is 1080. The number of hydrogen-bond donors (Lipinski definition) is 2. The van der Waals surface area contributed by atoms with Gasteiger partial charge < -0.3 is 15.4 Å². The van der Waals surface area contributed by atoms with Crippen molar-refractivity contribution in [3.05, 3.63) is 71.4 Å². The first-order chi connectivity index (χ1) is 15.6. The van der Waals surface area contributed by atoms with Crippen LogP contribution in [0.2, 0.25) is 0 Å². The smallest absolute Gasteiger partial charge is 0.213 e. The van der Waals surface area contributed by atoms with E-state index in [0.29, 0.717) is 24.5 Å². The van der Waals surface area contributed by atoms with Crippen LogP contribution < -0.4 is 15.4 Å². The van der Waals surface area contributed by atoms with Gasteiger partial charge in [-0.25, -0.2) is 13.8 Å². The van der Waals surface area contributed by atoms with E-state index < -0.39 is 11.6 Å². The fourth-order valence-corrected chi connectivity index (χ4v) is 4.10. The van der Waals surface area contributed by atoms with Gasteiger partial charge in [0.2, 0.25) is 5.88 Å². The summed E-state index contributed by atoms with van der Waals surface area (Å²) in [6.45, 7) is 1.50. The number of hydrogen-bond acceptors (Lipinski definition) is 5. The maximum Gasteiger partial charge on any atom is 0.213 e. The predicted octanol–water partition coefficient (Wildman–Crippen LogP) is 4.27. The molecule has 0 unspecified atom stereocenters. The lowest BCUT2D eigenvalue weighted by Gasteiger charge is -2.30. The Morgan fingerprint density at radius 2 is 2.09 bits per heavy atom. The molecular formula is C25H28F2N4O. The number of halogens is 2. The second-order valence-corrected chi connectivity index (χ2v) is 8.09. The minimum absolute atomic E-state index is 0.268. The van der Waals surface area contributed by atoms with Crippen molar-refractivity contribution in [2.75, 3.05) is 20.2 Å². The van der Waals surface area contributed by atoms with Crippen LogP contribution in [0.1, 0.15) is 30.4 Å². The van der Waals surface area contributed by atoms with Gasteiger partial charge in [-0.3, -0.25) is 4.98 Å². The van der Waals surface area contributed by atoms with Crippen LogP contribution >= 0.6 is 0 Å². The Morgan fingerprint density at radius 3 is 2.91 bits per heavy atom. The molecule has 3 aromatic rings.